The largest absolute Gasteiger partial charge is 0.497 e. The third-order valence-electron chi connectivity index (χ3n) is 2.66. The Bertz CT molecular complexity index is 529. The molecule has 0 atom stereocenters. The van der Waals surface area contributed by atoms with E-state index in [-0.39, 0.29) is 5.91 Å². The quantitative estimate of drug-likeness (QED) is 0.895. The Labute approximate surface area is 106 Å². The molecule has 1 amide bonds. The van der Waals surface area contributed by atoms with Crippen LogP contribution in [0.1, 0.15) is 15.9 Å². The summed E-state index contributed by atoms with van der Waals surface area (Å²) in [6.07, 6.45) is 0. The van der Waals surface area contributed by atoms with Crippen molar-refractivity contribution < 1.29 is 9.53 Å². The van der Waals surface area contributed by atoms with Gasteiger partial charge in [0, 0.05) is 11.3 Å². The number of rotatable bonds is 3. The van der Waals surface area contributed by atoms with Gasteiger partial charge >= 0.3 is 0 Å². The number of carbonyl (C=O) groups excluding carboxylic acids is 1. The number of aryl methyl sites for hydroxylation is 1. The molecule has 18 heavy (non-hydrogen) atoms. The second kappa shape index (κ2) is 5.36. The van der Waals surface area contributed by atoms with E-state index in [1.54, 1.807) is 31.4 Å². The number of ether oxygens (including phenoxy) is 1. The summed E-state index contributed by atoms with van der Waals surface area (Å²) in [4.78, 5) is 11.9. The predicted octanol–water partition coefficient (Wildman–Crippen LogP) is 3.26. The summed E-state index contributed by atoms with van der Waals surface area (Å²) in [7, 11) is 1.60. The van der Waals surface area contributed by atoms with Gasteiger partial charge in [0.25, 0.3) is 5.91 Å². The number of hydrogen-bond donors (Lipinski definition) is 1. The average molecular weight is 241 g/mol. The SMILES string of the molecule is COc1ccc(C(=O)Nc2ccc(C)cc2)cc1. The van der Waals surface area contributed by atoms with E-state index in [1.165, 1.54) is 0 Å². The molecule has 0 aliphatic rings. The molecule has 0 fully saturated rings. The number of methoxy groups -OCH3 is 1. The lowest BCUT2D eigenvalue weighted by molar-refractivity contribution is 0.102. The van der Waals surface area contributed by atoms with Crippen LogP contribution in [0.15, 0.2) is 48.5 Å². The summed E-state index contributed by atoms with van der Waals surface area (Å²) in [6, 6.07) is 14.7. The van der Waals surface area contributed by atoms with Crippen LogP contribution in [-0.2, 0) is 0 Å². The molecule has 3 heteroatoms. The van der Waals surface area contributed by atoms with Crippen LogP contribution < -0.4 is 10.1 Å². The molecule has 0 aromatic heterocycles. The van der Waals surface area contributed by atoms with Crippen LogP contribution in [0, 0.1) is 6.92 Å². The Balaban J connectivity index is 2.09. The second-order valence-electron chi connectivity index (χ2n) is 4.05. The van der Waals surface area contributed by atoms with Crippen molar-refractivity contribution in [3.8, 4) is 5.75 Å². The highest BCUT2D eigenvalue weighted by Crippen LogP contribution is 2.14. The van der Waals surface area contributed by atoms with Crippen molar-refractivity contribution in [1.82, 2.24) is 0 Å². The molecule has 2 rings (SSSR count). The Morgan fingerprint density at radius 1 is 1.00 bits per heavy atom. The van der Waals surface area contributed by atoms with Gasteiger partial charge in [-0.15, -0.1) is 0 Å². The van der Waals surface area contributed by atoms with Gasteiger partial charge in [-0.2, -0.15) is 0 Å². The van der Waals surface area contributed by atoms with Crippen molar-refractivity contribution in [2.75, 3.05) is 12.4 Å². The highest BCUT2D eigenvalue weighted by molar-refractivity contribution is 6.04. The molecule has 0 unspecified atom stereocenters. The third-order valence-corrected chi connectivity index (χ3v) is 2.66. The third kappa shape index (κ3) is 2.88. The number of hydrogen-bond acceptors (Lipinski definition) is 2. The number of nitrogens with one attached hydrogen (secondary N) is 1. The van der Waals surface area contributed by atoms with Gasteiger partial charge in [0.15, 0.2) is 0 Å². The van der Waals surface area contributed by atoms with Gasteiger partial charge in [-0.05, 0) is 43.3 Å². The van der Waals surface area contributed by atoms with E-state index in [0.29, 0.717) is 5.56 Å². The van der Waals surface area contributed by atoms with Gasteiger partial charge in [0.05, 0.1) is 7.11 Å². The first kappa shape index (κ1) is 12.2. The standard InChI is InChI=1S/C15H15NO2/c1-11-3-7-13(8-4-11)16-15(17)12-5-9-14(18-2)10-6-12/h3-10H,1-2H3,(H,16,17). The fourth-order valence-electron chi connectivity index (χ4n) is 1.58. The molecule has 0 aliphatic carbocycles. The summed E-state index contributed by atoms with van der Waals surface area (Å²) >= 11 is 0. The number of benzene rings is 2. The zero-order valence-corrected chi connectivity index (χ0v) is 10.4. The molecule has 0 saturated carbocycles. The zero-order valence-electron chi connectivity index (χ0n) is 10.4. The maximum atomic E-state index is 11.9. The summed E-state index contributed by atoms with van der Waals surface area (Å²) in [5.41, 5.74) is 2.57. The highest BCUT2D eigenvalue weighted by atomic mass is 16.5. The minimum atomic E-state index is -0.124. The van der Waals surface area contributed by atoms with E-state index < -0.39 is 0 Å². The topological polar surface area (TPSA) is 38.3 Å². The minimum absolute atomic E-state index is 0.124. The first-order valence-corrected chi connectivity index (χ1v) is 5.71. The number of anilines is 1. The van der Waals surface area contributed by atoms with E-state index in [9.17, 15) is 4.79 Å². The Morgan fingerprint density at radius 3 is 2.17 bits per heavy atom. The first-order valence-electron chi connectivity index (χ1n) is 5.71. The van der Waals surface area contributed by atoms with Crippen molar-refractivity contribution in [3.63, 3.8) is 0 Å². The van der Waals surface area contributed by atoms with E-state index >= 15 is 0 Å². The first-order chi connectivity index (χ1) is 8.69. The van der Waals surface area contributed by atoms with E-state index in [4.69, 9.17) is 4.74 Å². The van der Waals surface area contributed by atoms with Crippen LogP contribution in [0.4, 0.5) is 5.69 Å². The fraction of sp³-hybridized carbons (Fsp3) is 0.133. The minimum Gasteiger partial charge on any atom is -0.497 e. The molecule has 0 radical (unpaired) electrons. The van der Waals surface area contributed by atoms with Crippen molar-refractivity contribution >= 4 is 11.6 Å². The van der Waals surface area contributed by atoms with E-state index in [1.807, 2.05) is 31.2 Å². The van der Waals surface area contributed by atoms with Crippen LogP contribution in [0.25, 0.3) is 0 Å². The Kier molecular flexibility index (Phi) is 3.63. The molecule has 1 N–H and O–H groups in total. The Hall–Kier alpha value is -2.29. The predicted molar refractivity (Wildman–Crippen MR) is 72.1 cm³/mol. The lowest BCUT2D eigenvalue weighted by Gasteiger charge is -2.06. The van der Waals surface area contributed by atoms with Gasteiger partial charge in [0.1, 0.15) is 5.75 Å². The van der Waals surface area contributed by atoms with Crippen molar-refractivity contribution in [2.45, 2.75) is 6.92 Å². The van der Waals surface area contributed by atoms with Crippen LogP contribution in [0.5, 0.6) is 5.75 Å². The van der Waals surface area contributed by atoms with Crippen LogP contribution in [0.3, 0.4) is 0 Å². The molecule has 92 valence electrons. The van der Waals surface area contributed by atoms with Gasteiger partial charge in [-0.25, -0.2) is 0 Å². The second-order valence-corrected chi connectivity index (χ2v) is 4.05. The molecule has 0 bridgehead atoms. The molecule has 2 aromatic carbocycles. The molecule has 0 saturated heterocycles. The van der Waals surface area contributed by atoms with Gasteiger partial charge < -0.3 is 10.1 Å². The fourth-order valence-corrected chi connectivity index (χ4v) is 1.58. The molecular formula is C15H15NO2. The molecule has 3 nitrogen and oxygen atoms in total. The lowest BCUT2D eigenvalue weighted by atomic mass is 10.2. The van der Waals surface area contributed by atoms with E-state index in [2.05, 4.69) is 5.32 Å². The zero-order chi connectivity index (χ0) is 13.0. The Morgan fingerprint density at radius 2 is 1.61 bits per heavy atom. The summed E-state index contributed by atoms with van der Waals surface area (Å²) < 4.78 is 5.05. The average Bonchev–Trinajstić information content (AvgIpc) is 2.41. The lowest BCUT2D eigenvalue weighted by Crippen LogP contribution is -2.11. The summed E-state index contributed by atoms with van der Waals surface area (Å²) in [5.74, 6) is 0.614. The number of amides is 1. The van der Waals surface area contributed by atoms with Crippen molar-refractivity contribution in [2.24, 2.45) is 0 Å². The molecule has 0 aliphatic heterocycles. The maximum Gasteiger partial charge on any atom is 0.255 e. The van der Waals surface area contributed by atoms with Gasteiger partial charge in [-0.3, -0.25) is 4.79 Å². The van der Waals surface area contributed by atoms with Crippen molar-refractivity contribution in [3.05, 3.63) is 59.7 Å². The number of carbonyl (C=O) groups is 1. The van der Waals surface area contributed by atoms with E-state index in [0.717, 1.165) is 17.0 Å². The van der Waals surface area contributed by atoms with Crippen molar-refractivity contribution in [1.29, 1.82) is 0 Å². The molecule has 2 aromatic rings. The summed E-state index contributed by atoms with van der Waals surface area (Å²) in [5, 5.41) is 2.84. The normalized spacial score (nSPS) is 9.89. The molecular weight excluding hydrogens is 226 g/mol. The monoisotopic (exact) mass is 241 g/mol. The molecule has 0 heterocycles. The highest BCUT2D eigenvalue weighted by Gasteiger charge is 2.05. The van der Waals surface area contributed by atoms with Crippen LogP contribution >= 0.6 is 0 Å². The van der Waals surface area contributed by atoms with Crippen LogP contribution in [-0.4, -0.2) is 13.0 Å². The maximum absolute atomic E-state index is 11.9. The molecule has 0 spiro atoms. The smallest absolute Gasteiger partial charge is 0.255 e. The van der Waals surface area contributed by atoms with Gasteiger partial charge in [0.2, 0.25) is 0 Å². The van der Waals surface area contributed by atoms with Gasteiger partial charge in [-0.1, -0.05) is 17.7 Å². The summed E-state index contributed by atoms with van der Waals surface area (Å²) in [6.45, 7) is 2.01. The van der Waals surface area contributed by atoms with Crippen LogP contribution in [0.2, 0.25) is 0 Å².